The number of hydrogen-bond donors (Lipinski definition) is 1. The number of nitriles is 1. The third-order valence-corrected chi connectivity index (χ3v) is 7.35. The Morgan fingerprint density at radius 2 is 1.64 bits per heavy atom. The number of nitrogens with one attached hydrogen (secondary N) is 1. The van der Waals surface area contributed by atoms with Crippen LogP contribution in [0.5, 0.6) is 5.75 Å². The molecule has 1 aliphatic rings. The number of amides is 1. The zero-order valence-electron chi connectivity index (χ0n) is 20.6. The Morgan fingerprint density at radius 3 is 2.19 bits per heavy atom. The summed E-state index contributed by atoms with van der Waals surface area (Å²) in [4.78, 5) is 15.4. The molecule has 1 fully saturated rings. The van der Waals surface area contributed by atoms with Gasteiger partial charge < -0.3 is 15.0 Å². The van der Waals surface area contributed by atoms with E-state index in [4.69, 9.17) is 27.9 Å². The van der Waals surface area contributed by atoms with Crippen molar-refractivity contribution in [2.45, 2.75) is 38.1 Å². The van der Waals surface area contributed by atoms with Crippen molar-refractivity contribution in [2.75, 3.05) is 25.5 Å². The predicted octanol–water partition coefficient (Wildman–Crippen LogP) is 7.19. The number of nitrogens with zero attached hydrogens (tertiary/aromatic N) is 2. The maximum Gasteiger partial charge on any atom is 0.255 e. The second-order valence-corrected chi connectivity index (χ2v) is 10.3. The van der Waals surface area contributed by atoms with Crippen LogP contribution in [0.3, 0.4) is 0 Å². The molecule has 0 radical (unpaired) electrons. The Balaban J connectivity index is 1.55. The van der Waals surface area contributed by atoms with Crippen LogP contribution in [-0.2, 0) is 5.41 Å². The third-order valence-electron chi connectivity index (χ3n) is 6.91. The summed E-state index contributed by atoms with van der Waals surface area (Å²) in [6.45, 7) is 6.03. The number of hydrogen-bond acceptors (Lipinski definition) is 4. The van der Waals surface area contributed by atoms with Crippen molar-refractivity contribution in [3.05, 3.63) is 81.8 Å². The molecule has 0 aliphatic carbocycles. The van der Waals surface area contributed by atoms with Crippen LogP contribution in [0, 0.1) is 11.3 Å². The molecule has 3 aromatic rings. The predicted molar refractivity (Wildman–Crippen MR) is 146 cm³/mol. The second kappa shape index (κ2) is 10.9. The van der Waals surface area contributed by atoms with E-state index in [0.717, 1.165) is 29.8 Å². The van der Waals surface area contributed by atoms with Crippen molar-refractivity contribution >= 4 is 34.8 Å². The normalized spacial score (nSPS) is 15.4. The summed E-state index contributed by atoms with van der Waals surface area (Å²) in [7, 11) is 1.61. The smallest absolute Gasteiger partial charge is 0.255 e. The highest BCUT2D eigenvalue weighted by Crippen LogP contribution is 2.41. The minimum absolute atomic E-state index is 0.234. The molecule has 0 aromatic heterocycles. The molecule has 4 rings (SSSR count). The molecule has 1 saturated heterocycles. The quantitative estimate of drug-likeness (QED) is 0.372. The van der Waals surface area contributed by atoms with Crippen LogP contribution in [0.25, 0.3) is 11.1 Å². The fourth-order valence-electron chi connectivity index (χ4n) is 4.76. The van der Waals surface area contributed by atoms with Gasteiger partial charge in [0.2, 0.25) is 0 Å². The van der Waals surface area contributed by atoms with Gasteiger partial charge in [0.1, 0.15) is 5.75 Å². The first-order chi connectivity index (χ1) is 17.2. The molecule has 36 heavy (non-hydrogen) atoms. The van der Waals surface area contributed by atoms with Crippen LogP contribution in [0.1, 0.15) is 42.6 Å². The average molecular weight is 522 g/mol. The lowest BCUT2D eigenvalue weighted by molar-refractivity contribution is 0.102. The summed E-state index contributed by atoms with van der Waals surface area (Å²) >= 11 is 12.2. The van der Waals surface area contributed by atoms with Crippen molar-refractivity contribution in [3.63, 3.8) is 0 Å². The summed E-state index contributed by atoms with van der Waals surface area (Å²) in [5.74, 6) is 0.430. The highest BCUT2D eigenvalue weighted by Gasteiger charge is 2.39. The lowest BCUT2D eigenvalue weighted by atomic mass is 9.73. The van der Waals surface area contributed by atoms with Crippen molar-refractivity contribution in [2.24, 2.45) is 0 Å². The maximum atomic E-state index is 13.0. The number of rotatable bonds is 6. The van der Waals surface area contributed by atoms with Crippen molar-refractivity contribution in [1.82, 2.24) is 4.90 Å². The topological polar surface area (TPSA) is 65.4 Å². The molecule has 0 spiro atoms. The van der Waals surface area contributed by atoms with Gasteiger partial charge in [0.25, 0.3) is 5.91 Å². The van der Waals surface area contributed by atoms with Crippen molar-refractivity contribution in [1.29, 1.82) is 5.26 Å². The van der Waals surface area contributed by atoms with Crippen LogP contribution in [0.2, 0.25) is 10.0 Å². The van der Waals surface area contributed by atoms with E-state index in [9.17, 15) is 10.1 Å². The van der Waals surface area contributed by atoms with Gasteiger partial charge in [0, 0.05) is 46.0 Å². The molecular weight excluding hydrogens is 493 g/mol. The van der Waals surface area contributed by atoms with Crippen LogP contribution in [0.15, 0.2) is 60.7 Å². The number of likely N-dealkylation sites (tertiary alicyclic amines) is 1. The van der Waals surface area contributed by atoms with E-state index in [2.05, 4.69) is 30.1 Å². The molecule has 1 heterocycles. The molecule has 0 bridgehead atoms. The van der Waals surface area contributed by atoms with Gasteiger partial charge in [0.15, 0.2) is 0 Å². The number of carbonyl (C=O) groups is 1. The fourth-order valence-corrected chi connectivity index (χ4v) is 5.29. The van der Waals surface area contributed by atoms with Crippen LogP contribution < -0.4 is 10.1 Å². The highest BCUT2D eigenvalue weighted by atomic mass is 35.5. The van der Waals surface area contributed by atoms with Gasteiger partial charge >= 0.3 is 0 Å². The van der Waals surface area contributed by atoms with E-state index in [0.29, 0.717) is 45.9 Å². The van der Waals surface area contributed by atoms with Gasteiger partial charge in [-0.1, -0.05) is 35.3 Å². The number of halogens is 2. The first-order valence-corrected chi connectivity index (χ1v) is 12.7. The third kappa shape index (κ3) is 5.52. The molecule has 0 atom stereocenters. The molecule has 1 aliphatic heterocycles. The largest absolute Gasteiger partial charge is 0.496 e. The number of anilines is 1. The average Bonchev–Trinajstić information content (AvgIpc) is 2.88. The number of piperidine rings is 1. The van der Waals surface area contributed by atoms with Gasteiger partial charge in [-0.3, -0.25) is 4.79 Å². The highest BCUT2D eigenvalue weighted by molar-refractivity contribution is 6.35. The van der Waals surface area contributed by atoms with E-state index in [1.807, 2.05) is 36.4 Å². The zero-order valence-corrected chi connectivity index (χ0v) is 22.2. The van der Waals surface area contributed by atoms with Crippen LogP contribution >= 0.6 is 23.2 Å². The van der Waals surface area contributed by atoms with E-state index < -0.39 is 5.41 Å². The maximum absolute atomic E-state index is 13.0. The summed E-state index contributed by atoms with van der Waals surface area (Å²) in [6.07, 6.45) is 1.43. The van der Waals surface area contributed by atoms with Crippen LogP contribution in [-0.4, -0.2) is 37.0 Å². The van der Waals surface area contributed by atoms with Gasteiger partial charge in [0.05, 0.1) is 18.6 Å². The Morgan fingerprint density at radius 1 is 1.00 bits per heavy atom. The summed E-state index contributed by atoms with van der Waals surface area (Å²) in [5, 5.41) is 14.3. The number of benzene rings is 3. The molecule has 1 N–H and O–H groups in total. The van der Waals surface area contributed by atoms with Gasteiger partial charge in [-0.2, -0.15) is 5.26 Å². The van der Waals surface area contributed by atoms with Crippen molar-refractivity contribution in [3.8, 4) is 22.9 Å². The summed E-state index contributed by atoms with van der Waals surface area (Å²) in [6, 6.07) is 21.1. The van der Waals surface area contributed by atoms with Gasteiger partial charge in [-0.05, 0) is 86.3 Å². The van der Waals surface area contributed by atoms with Crippen LogP contribution in [0.4, 0.5) is 5.69 Å². The summed E-state index contributed by atoms with van der Waals surface area (Å²) in [5.41, 5.74) is 3.10. The molecule has 3 aromatic carbocycles. The minimum Gasteiger partial charge on any atom is -0.496 e. The molecule has 7 heteroatoms. The molecule has 186 valence electrons. The van der Waals surface area contributed by atoms with E-state index in [1.54, 1.807) is 31.4 Å². The Hall–Kier alpha value is -3.04. The molecular formula is C29H29Cl2N3O2. The minimum atomic E-state index is -0.655. The monoisotopic (exact) mass is 521 g/mol. The summed E-state index contributed by atoms with van der Waals surface area (Å²) < 4.78 is 5.62. The number of methoxy groups -OCH3 is 1. The lowest BCUT2D eigenvalue weighted by Crippen LogP contribution is -2.44. The van der Waals surface area contributed by atoms with E-state index in [-0.39, 0.29) is 5.91 Å². The number of carbonyl (C=O) groups excluding carboxylic acids is 1. The standard InChI is InChI=1S/C29H29Cl2N3O2/c1-19(2)34-12-10-29(18-32,11-13-34)26-17-25(8-9-27(26)36-3)33-28(35)21-6-4-20(5-7-21)22-14-23(30)16-24(31)15-22/h4-9,14-17,19H,10-13H2,1-3H3,(H,33,35). The lowest BCUT2D eigenvalue weighted by Gasteiger charge is -2.40. The number of ether oxygens (including phenoxy) is 1. The Kier molecular flexibility index (Phi) is 7.90. The molecule has 1 amide bonds. The first kappa shape index (κ1) is 26.0. The Bertz CT molecular complexity index is 1270. The van der Waals surface area contributed by atoms with E-state index >= 15 is 0 Å². The second-order valence-electron chi connectivity index (χ2n) is 9.43. The zero-order chi connectivity index (χ0) is 25.9. The SMILES string of the molecule is COc1ccc(NC(=O)c2ccc(-c3cc(Cl)cc(Cl)c3)cc2)cc1C1(C#N)CCN(C(C)C)CC1. The molecule has 0 unspecified atom stereocenters. The van der Waals surface area contributed by atoms with Gasteiger partial charge in [-0.25, -0.2) is 0 Å². The fraction of sp³-hybridized carbons (Fsp3) is 0.310. The van der Waals surface area contributed by atoms with Crippen molar-refractivity contribution < 1.29 is 9.53 Å². The van der Waals surface area contributed by atoms with Gasteiger partial charge in [-0.15, -0.1) is 0 Å². The first-order valence-electron chi connectivity index (χ1n) is 12.0. The molecule has 0 saturated carbocycles. The Labute approximate surface area is 222 Å². The van der Waals surface area contributed by atoms with E-state index in [1.165, 1.54) is 0 Å². The molecule has 5 nitrogen and oxygen atoms in total.